The zero-order chi connectivity index (χ0) is 23.1. The average Bonchev–Trinajstić information content (AvgIpc) is 3.10. The molecule has 0 amide bonds. The van der Waals surface area contributed by atoms with Crippen LogP contribution in [0.1, 0.15) is 105 Å². The molecule has 0 radical (unpaired) electrons. The van der Waals surface area contributed by atoms with Gasteiger partial charge in [0.25, 0.3) is 0 Å². The van der Waals surface area contributed by atoms with Crippen molar-refractivity contribution in [2.24, 2.45) is 46.3 Å². The Bertz CT molecular complexity index is 713. The fraction of sp³-hybridized carbons (Fsp3) is 0.897. The van der Waals surface area contributed by atoms with Crippen LogP contribution in [0.4, 0.5) is 0 Å². The Morgan fingerprint density at radius 2 is 1.91 bits per heavy atom. The summed E-state index contributed by atoms with van der Waals surface area (Å²) in [4.78, 5) is 11.5. The van der Waals surface area contributed by atoms with E-state index in [4.69, 9.17) is 4.74 Å². The van der Waals surface area contributed by atoms with E-state index in [0.717, 1.165) is 42.4 Å². The van der Waals surface area contributed by atoms with Crippen LogP contribution in [0.2, 0.25) is 0 Å². The molecule has 0 heterocycles. The van der Waals surface area contributed by atoms with Gasteiger partial charge in [0, 0.05) is 20.0 Å². The van der Waals surface area contributed by atoms with E-state index in [2.05, 4.69) is 33.8 Å². The molecule has 0 aromatic rings. The molecule has 4 aliphatic rings. The van der Waals surface area contributed by atoms with Gasteiger partial charge in [0.2, 0.25) is 0 Å². The third-order valence-electron chi connectivity index (χ3n) is 10.8. The summed E-state index contributed by atoms with van der Waals surface area (Å²) in [6, 6.07) is 0. The summed E-state index contributed by atoms with van der Waals surface area (Å²) in [5.74, 6) is 4.54. The lowest BCUT2D eigenvalue weighted by Gasteiger charge is -2.58. The first-order valence-electron chi connectivity index (χ1n) is 13.7. The van der Waals surface area contributed by atoms with Gasteiger partial charge in [0.05, 0.1) is 0 Å². The summed E-state index contributed by atoms with van der Waals surface area (Å²) >= 11 is 0. The van der Waals surface area contributed by atoms with Gasteiger partial charge in [-0.05, 0) is 97.7 Å². The van der Waals surface area contributed by atoms with E-state index in [1.807, 2.05) is 0 Å². The Morgan fingerprint density at radius 3 is 2.62 bits per heavy atom. The third kappa shape index (κ3) is 4.32. The monoisotopic (exact) mass is 444 g/mol. The Labute approximate surface area is 196 Å². The first-order chi connectivity index (χ1) is 15.2. The normalized spacial score (nSPS) is 42.8. The van der Waals surface area contributed by atoms with E-state index < -0.39 is 0 Å². The highest BCUT2D eigenvalue weighted by Gasteiger charge is 2.59. The minimum atomic E-state index is -0.127. The summed E-state index contributed by atoms with van der Waals surface area (Å²) in [6.07, 6.45) is 16.5. The molecule has 3 nitrogen and oxygen atoms in total. The van der Waals surface area contributed by atoms with Crippen molar-refractivity contribution < 1.29 is 14.6 Å². The molecular weight excluding hydrogens is 396 g/mol. The van der Waals surface area contributed by atoms with Crippen molar-refractivity contribution in [3.63, 3.8) is 0 Å². The van der Waals surface area contributed by atoms with Crippen molar-refractivity contribution in [3.8, 4) is 0 Å². The van der Waals surface area contributed by atoms with E-state index in [1.165, 1.54) is 57.8 Å². The lowest BCUT2D eigenvalue weighted by molar-refractivity contribution is -0.148. The van der Waals surface area contributed by atoms with Crippen LogP contribution >= 0.6 is 0 Å². The Hall–Kier alpha value is -0.830. The second-order valence-electron chi connectivity index (χ2n) is 12.7. The predicted molar refractivity (Wildman–Crippen MR) is 130 cm³/mol. The van der Waals surface area contributed by atoms with Crippen molar-refractivity contribution in [1.82, 2.24) is 0 Å². The predicted octanol–water partition coefficient (Wildman–Crippen LogP) is 6.93. The van der Waals surface area contributed by atoms with Gasteiger partial charge in [-0.3, -0.25) is 4.79 Å². The second kappa shape index (κ2) is 9.43. The number of hydrogen-bond acceptors (Lipinski definition) is 3. The van der Waals surface area contributed by atoms with E-state index in [1.54, 1.807) is 12.5 Å². The Balaban J connectivity index is 1.44. The van der Waals surface area contributed by atoms with E-state index >= 15 is 0 Å². The molecule has 0 aromatic carbocycles. The van der Waals surface area contributed by atoms with Gasteiger partial charge < -0.3 is 9.84 Å². The summed E-state index contributed by atoms with van der Waals surface area (Å²) in [6.45, 7) is 11.8. The van der Waals surface area contributed by atoms with E-state index in [0.29, 0.717) is 23.4 Å². The highest BCUT2D eigenvalue weighted by Crippen LogP contribution is 2.67. The highest BCUT2D eigenvalue weighted by molar-refractivity contribution is 5.66. The van der Waals surface area contributed by atoms with Crippen LogP contribution in [0.25, 0.3) is 0 Å². The Kier molecular flexibility index (Phi) is 7.16. The number of carbonyl (C=O) groups excluding carboxylic acids is 1. The molecule has 3 saturated carbocycles. The number of aliphatic hydroxyl groups excluding tert-OH is 1. The molecule has 1 N–H and O–H groups in total. The summed E-state index contributed by atoms with van der Waals surface area (Å²) in [7, 11) is 0. The van der Waals surface area contributed by atoms with E-state index in [-0.39, 0.29) is 12.1 Å². The SMILES string of the molecule is CC(=O)O[C@H]1CC[C@@]2(C)C(=CC[C@H]3[C@@H]4CC[C@H](C(C)CCCC(C)CO)[C@@]4(C)CC[C@@H]32)C1. The first-order valence-corrected chi connectivity index (χ1v) is 13.7. The largest absolute Gasteiger partial charge is 0.462 e. The molecule has 0 aliphatic heterocycles. The molecule has 3 fully saturated rings. The lowest BCUT2D eigenvalue weighted by atomic mass is 9.47. The molecule has 0 spiro atoms. The van der Waals surface area contributed by atoms with Gasteiger partial charge in [-0.2, -0.15) is 0 Å². The van der Waals surface area contributed by atoms with Gasteiger partial charge in [-0.1, -0.05) is 52.2 Å². The zero-order valence-corrected chi connectivity index (χ0v) is 21.4. The number of fused-ring (bicyclic) bond motifs is 5. The summed E-state index contributed by atoms with van der Waals surface area (Å²) in [5, 5.41) is 9.35. The molecular formula is C29H48O3. The highest BCUT2D eigenvalue weighted by atomic mass is 16.5. The molecule has 0 bridgehead atoms. The number of carbonyl (C=O) groups is 1. The minimum absolute atomic E-state index is 0.0995. The molecule has 3 heteroatoms. The maximum atomic E-state index is 11.5. The quantitative estimate of drug-likeness (QED) is 0.342. The Morgan fingerprint density at radius 1 is 1.12 bits per heavy atom. The summed E-state index contributed by atoms with van der Waals surface area (Å²) < 4.78 is 5.61. The van der Waals surface area contributed by atoms with Gasteiger partial charge >= 0.3 is 5.97 Å². The van der Waals surface area contributed by atoms with Crippen LogP contribution in [-0.2, 0) is 9.53 Å². The maximum Gasteiger partial charge on any atom is 0.302 e. The van der Waals surface area contributed by atoms with Crippen LogP contribution < -0.4 is 0 Å². The number of aliphatic hydroxyl groups is 1. The fourth-order valence-corrected chi connectivity index (χ4v) is 9.02. The van der Waals surface area contributed by atoms with Crippen molar-refractivity contribution >= 4 is 5.97 Å². The molecule has 4 rings (SSSR count). The average molecular weight is 445 g/mol. The lowest BCUT2D eigenvalue weighted by Crippen LogP contribution is -2.51. The standard InChI is InChI=1S/C29H48O3/c1-19(18-30)7-6-8-20(2)25-11-12-26-24-10-9-22-17-23(32-21(3)31)13-15-28(22,4)27(24)14-16-29(25,26)5/h9,19-20,23-27,30H,6-8,10-18H2,1-5H3/t19?,20?,23-,24-,25+,26-,27-,28-,29+/m0/s1. The van der Waals surface area contributed by atoms with Gasteiger partial charge in [-0.15, -0.1) is 0 Å². The van der Waals surface area contributed by atoms with Crippen molar-refractivity contribution in [3.05, 3.63) is 11.6 Å². The van der Waals surface area contributed by atoms with Crippen LogP contribution in [0.15, 0.2) is 11.6 Å². The fourth-order valence-electron chi connectivity index (χ4n) is 9.02. The van der Waals surface area contributed by atoms with Crippen molar-refractivity contribution in [1.29, 1.82) is 0 Å². The zero-order valence-electron chi connectivity index (χ0n) is 21.4. The van der Waals surface area contributed by atoms with Crippen molar-refractivity contribution in [2.75, 3.05) is 6.61 Å². The number of esters is 1. The summed E-state index contributed by atoms with van der Waals surface area (Å²) in [5.41, 5.74) is 2.44. The number of hydrogen-bond donors (Lipinski definition) is 1. The number of allylic oxidation sites excluding steroid dienone is 1. The second-order valence-corrected chi connectivity index (χ2v) is 12.7. The molecule has 0 saturated heterocycles. The molecule has 182 valence electrons. The molecule has 32 heavy (non-hydrogen) atoms. The topological polar surface area (TPSA) is 46.5 Å². The maximum absolute atomic E-state index is 11.5. The molecule has 2 unspecified atom stereocenters. The smallest absolute Gasteiger partial charge is 0.302 e. The third-order valence-corrected chi connectivity index (χ3v) is 10.8. The van der Waals surface area contributed by atoms with Crippen LogP contribution in [0.5, 0.6) is 0 Å². The molecule has 0 aromatic heterocycles. The van der Waals surface area contributed by atoms with Gasteiger partial charge in [0.15, 0.2) is 0 Å². The number of ether oxygens (including phenoxy) is 1. The van der Waals surface area contributed by atoms with E-state index in [9.17, 15) is 9.90 Å². The number of rotatable bonds is 7. The van der Waals surface area contributed by atoms with Gasteiger partial charge in [-0.25, -0.2) is 0 Å². The molecule has 4 aliphatic carbocycles. The molecule has 9 atom stereocenters. The minimum Gasteiger partial charge on any atom is -0.462 e. The van der Waals surface area contributed by atoms with Crippen LogP contribution in [0.3, 0.4) is 0 Å². The van der Waals surface area contributed by atoms with Crippen molar-refractivity contribution in [2.45, 2.75) is 111 Å². The first kappa shape index (κ1) is 24.3. The van der Waals surface area contributed by atoms with Crippen LogP contribution in [-0.4, -0.2) is 23.8 Å². The van der Waals surface area contributed by atoms with Crippen LogP contribution in [0, 0.1) is 46.3 Å². The van der Waals surface area contributed by atoms with Gasteiger partial charge in [0.1, 0.15) is 6.10 Å².